The van der Waals surface area contributed by atoms with Crippen LogP contribution >= 0.6 is 11.8 Å². The van der Waals surface area contributed by atoms with E-state index < -0.39 is 12.1 Å². The Labute approximate surface area is 128 Å². The molecule has 0 radical (unpaired) electrons. The van der Waals surface area contributed by atoms with Crippen LogP contribution in [0, 0.1) is 0 Å². The lowest BCUT2D eigenvalue weighted by molar-refractivity contribution is -0.153. The van der Waals surface area contributed by atoms with Crippen molar-refractivity contribution in [3.8, 4) is 11.5 Å². The maximum absolute atomic E-state index is 11.6. The molecule has 2 unspecified atom stereocenters. The molecule has 0 aromatic heterocycles. The average molecular weight is 312 g/mol. The van der Waals surface area contributed by atoms with Crippen molar-refractivity contribution in [2.75, 3.05) is 25.2 Å². The zero-order chi connectivity index (χ0) is 15.2. The van der Waals surface area contributed by atoms with Gasteiger partial charge in [-0.15, -0.1) is 0 Å². The van der Waals surface area contributed by atoms with Gasteiger partial charge in [-0.05, 0) is 36.8 Å². The van der Waals surface area contributed by atoms with Gasteiger partial charge in [0, 0.05) is 5.75 Å². The molecule has 0 amide bonds. The summed E-state index contributed by atoms with van der Waals surface area (Å²) in [6.45, 7) is 1.93. The van der Waals surface area contributed by atoms with Gasteiger partial charge in [-0.25, -0.2) is 4.79 Å². The predicted molar refractivity (Wildman–Crippen MR) is 80.9 cm³/mol. The van der Waals surface area contributed by atoms with E-state index in [1.54, 1.807) is 32.2 Å². The second-order valence-corrected chi connectivity index (χ2v) is 5.82. The molecule has 21 heavy (non-hydrogen) atoms. The summed E-state index contributed by atoms with van der Waals surface area (Å²) in [7, 11) is 1.56. The molecule has 0 saturated carbocycles. The van der Waals surface area contributed by atoms with Gasteiger partial charge in [0.05, 0.1) is 13.7 Å². The fraction of sp³-hybridized carbons (Fsp3) is 0.533. The zero-order valence-electron chi connectivity index (χ0n) is 12.2. The summed E-state index contributed by atoms with van der Waals surface area (Å²) in [6, 6.07) is 4.97. The van der Waals surface area contributed by atoms with Crippen LogP contribution in [0.25, 0.3) is 0 Å². The monoisotopic (exact) mass is 312 g/mol. The molecule has 0 spiro atoms. The number of esters is 1. The van der Waals surface area contributed by atoms with Crippen LogP contribution in [0.2, 0.25) is 0 Å². The average Bonchev–Trinajstić information content (AvgIpc) is 2.99. The Morgan fingerprint density at radius 1 is 1.48 bits per heavy atom. The summed E-state index contributed by atoms with van der Waals surface area (Å²) in [6.07, 6.45) is -0.187. The number of thioether (sulfide) groups is 1. The van der Waals surface area contributed by atoms with E-state index in [4.69, 9.17) is 14.2 Å². The highest BCUT2D eigenvalue weighted by Crippen LogP contribution is 2.33. The molecule has 1 aromatic rings. The van der Waals surface area contributed by atoms with E-state index in [0.29, 0.717) is 17.1 Å². The van der Waals surface area contributed by atoms with E-state index in [9.17, 15) is 9.90 Å². The molecule has 1 aliphatic rings. The van der Waals surface area contributed by atoms with Gasteiger partial charge >= 0.3 is 5.97 Å². The van der Waals surface area contributed by atoms with Gasteiger partial charge in [-0.2, -0.15) is 11.8 Å². The van der Waals surface area contributed by atoms with Crippen molar-refractivity contribution >= 4 is 17.7 Å². The Morgan fingerprint density at radius 3 is 2.90 bits per heavy atom. The van der Waals surface area contributed by atoms with E-state index >= 15 is 0 Å². The van der Waals surface area contributed by atoms with Gasteiger partial charge in [0.15, 0.2) is 17.6 Å². The highest BCUT2D eigenvalue weighted by Gasteiger charge is 2.23. The maximum Gasteiger partial charge on any atom is 0.339 e. The quantitative estimate of drug-likeness (QED) is 0.812. The van der Waals surface area contributed by atoms with Crippen molar-refractivity contribution in [1.82, 2.24) is 0 Å². The van der Waals surface area contributed by atoms with Crippen molar-refractivity contribution in [2.45, 2.75) is 25.6 Å². The van der Waals surface area contributed by atoms with Gasteiger partial charge in [0.1, 0.15) is 6.10 Å². The molecule has 1 aromatic carbocycles. The smallest absolute Gasteiger partial charge is 0.339 e. The summed E-state index contributed by atoms with van der Waals surface area (Å²) in [4.78, 5) is 11.6. The number of hydrogen-bond donors (Lipinski definition) is 1. The number of carbonyl (C=O) groups is 1. The molecular formula is C15H20O5S. The number of aliphatic hydroxyl groups is 1. The highest BCUT2D eigenvalue weighted by atomic mass is 32.2. The lowest BCUT2D eigenvalue weighted by atomic mass is 10.1. The molecular weight excluding hydrogens is 292 g/mol. The van der Waals surface area contributed by atoms with Crippen LogP contribution < -0.4 is 9.47 Å². The molecule has 1 fully saturated rings. The van der Waals surface area contributed by atoms with Crippen molar-refractivity contribution in [3.63, 3.8) is 0 Å². The number of aliphatic hydroxyl groups excluding tert-OH is 1. The van der Waals surface area contributed by atoms with Crippen molar-refractivity contribution < 1.29 is 24.1 Å². The standard InChI is InChI=1S/C15H20O5S/c1-3-19-15(17)14(16)10-4-5-12(18-2)13(8-10)20-11-6-7-21-9-11/h4-5,8,11,14,16H,3,6-7,9H2,1-2H3. The summed E-state index contributed by atoms with van der Waals surface area (Å²) in [5.74, 6) is 2.49. The van der Waals surface area contributed by atoms with Crippen LogP contribution in [-0.2, 0) is 9.53 Å². The first-order valence-corrected chi connectivity index (χ1v) is 8.08. The largest absolute Gasteiger partial charge is 0.493 e. The van der Waals surface area contributed by atoms with Gasteiger partial charge in [0.2, 0.25) is 0 Å². The molecule has 2 rings (SSSR count). The molecule has 1 heterocycles. The Balaban J connectivity index is 2.17. The first-order valence-electron chi connectivity index (χ1n) is 6.92. The third-order valence-corrected chi connectivity index (χ3v) is 4.33. The second-order valence-electron chi connectivity index (χ2n) is 4.67. The summed E-state index contributed by atoms with van der Waals surface area (Å²) < 4.78 is 16.0. The van der Waals surface area contributed by atoms with Crippen molar-refractivity contribution in [3.05, 3.63) is 23.8 Å². The highest BCUT2D eigenvalue weighted by molar-refractivity contribution is 7.99. The minimum absolute atomic E-state index is 0.138. The molecule has 0 bridgehead atoms. The number of hydrogen-bond acceptors (Lipinski definition) is 6. The van der Waals surface area contributed by atoms with Crippen LogP contribution in [0.1, 0.15) is 25.0 Å². The first-order chi connectivity index (χ1) is 10.2. The van der Waals surface area contributed by atoms with Crippen molar-refractivity contribution in [1.29, 1.82) is 0 Å². The molecule has 116 valence electrons. The molecule has 0 aliphatic carbocycles. The first kappa shape index (κ1) is 16.0. The number of benzene rings is 1. The lowest BCUT2D eigenvalue weighted by Crippen LogP contribution is -2.17. The van der Waals surface area contributed by atoms with E-state index in [0.717, 1.165) is 17.9 Å². The molecule has 2 atom stereocenters. The van der Waals surface area contributed by atoms with Crippen molar-refractivity contribution in [2.24, 2.45) is 0 Å². The summed E-state index contributed by atoms with van der Waals surface area (Å²) >= 11 is 1.85. The van der Waals surface area contributed by atoms with Gasteiger partial charge in [0.25, 0.3) is 0 Å². The second kappa shape index (κ2) is 7.56. The Hall–Kier alpha value is -1.40. The van der Waals surface area contributed by atoms with E-state index in [1.807, 2.05) is 11.8 Å². The minimum atomic E-state index is -1.31. The third-order valence-electron chi connectivity index (χ3n) is 3.19. The number of ether oxygens (including phenoxy) is 3. The van der Waals surface area contributed by atoms with Gasteiger partial charge in [-0.3, -0.25) is 0 Å². The van der Waals surface area contributed by atoms with E-state index in [2.05, 4.69) is 0 Å². The fourth-order valence-electron chi connectivity index (χ4n) is 2.10. The van der Waals surface area contributed by atoms with Crippen LogP contribution in [0.5, 0.6) is 11.5 Å². The summed E-state index contributed by atoms with van der Waals surface area (Å²) in [5, 5.41) is 9.99. The normalized spacial score (nSPS) is 19.1. The van der Waals surface area contributed by atoms with Gasteiger partial charge < -0.3 is 19.3 Å². The molecule has 6 heteroatoms. The number of methoxy groups -OCH3 is 1. The van der Waals surface area contributed by atoms with E-state index in [-0.39, 0.29) is 12.7 Å². The Morgan fingerprint density at radius 2 is 2.29 bits per heavy atom. The number of rotatable bonds is 6. The zero-order valence-corrected chi connectivity index (χ0v) is 13.0. The van der Waals surface area contributed by atoms with Crippen LogP contribution in [0.3, 0.4) is 0 Å². The predicted octanol–water partition coefficient (Wildman–Crippen LogP) is 2.18. The van der Waals surface area contributed by atoms with Crippen LogP contribution in [0.4, 0.5) is 0 Å². The molecule has 1 saturated heterocycles. The minimum Gasteiger partial charge on any atom is -0.493 e. The van der Waals surface area contributed by atoms with Gasteiger partial charge in [-0.1, -0.05) is 6.07 Å². The Kier molecular flexibility index (Phi) is 5.76. The van der Waals surface area contributed by atoms with Crippen LogP contribution in [0.15, 0.2) is 18.2 Å². The fourth-order valence-corrected chi connectivity index (χ4v) is 3.19. The molecule has 5 nitrogen and oxygen atoms in total. The Bertz CT molecular complexity index is 485. The maximum atomic E-state index is 11.6. The van der Waals surface area contributed by atoms with E-state index in [1.165, 1.54) is 0 Å². The third kappa shape index (κ3) is 4.04. The number of carbonyl (C=O) groups excluding carboxylic acids is 1. The SMILES string of the molecule is CCOC(=O)C(O)c1ccc(OC)c(OC2CCSC2)c1. The lowest BCUT2D eigenvalue weighted by Gasteiger charge is -2.17. The van der Waals surface area contributed by atoms with Crippen LogP contribution in [-0.4, -0.2) is 42.4 Å². The summed E-state index contributed by atoms with van der Waals surface area (Å²) in [5.41, 5.74) is 0.440. The topological polar surface area (TPSA) is 65.0 Å². The molecule has 1 aliphatic heterocycles. The molecule has 1 N–H and O–H groups in total.